The average Bonchev–Trinajstić information content (AvgIpc) is 3.25. The van der Waals surface area contributed by atoms with Gasteiger partial charge in [-0.25, -0.2) is 0 Å². The van der Waals surface area contributed by atoms with E-state index in [1.807, 2.05) is 0 Å². The molecule has 3 aromatic carbocycles. The van der Waals surface area contributed by atoms with Crippen molar-refractivity contribution in [1.29, 1.82) is 0 Å². The molecule has 2 heterocycles. The van der Waals surface area contributed by atoms with Gasteiger partial charge >= 0.3 is 0 Å². The SMILES string of the molecule is Cc1ccc(COc2ccc(C3=Cc4ccccc4C4=NCCN34)cc2)cc1C. The van der Waals surface area contributed by atoms with E-state index >= 15 is 0 Å². The van der Waals surface area contributed by atoms with E-state index in [4.69, 9.17) is 9.73 Å². The summed E-state index contributed by atoms with van der Waals surface area (Å²) in [4.78, 5) is 7.07. The van der Waals surface area contributed by atoms with Crippen LogP contribution >= 0.6 is 0 Å². The Hall–Kier alpha value is -3.33. The fourth-order valence-electron chi connectivity index (χ4n) is 3.99. The monoisotopic (exact) mass is 380 g/mol. The van der Waals surface area contributed by atoms with E-state index in [2.05, 4.69) is 91.6 Å². The van der Waals surface area contributed by atoms with Gasteiger partial charge in [-0.2, -0.15) is 0 Å². The third kappa shape index (κ3) is 3.33. The van der Waals surface area contributed by atoms with Crippen LogP contribution in [0.4, 0.5) is 0 Å². The summed E-state index contributed by atoms with van der Waals surface area (Å²) in [7, 11) is 0. The molecule has 3 heteroatoms. The van der Waals surface area contributed by atoms with Crippen LogP contribution in [0.5, 0.6) is 5.75 Å². The maximum Gasteiger partial charge on any atom is 0.136 e. The molecule has 0 saturated carbocycles. The molecule has 0 unspecified atom stereocenters. The first-order chi connectivity index (χ1) is 14.2. The van der Waals surface area contributed by atoms with Crippen molar-refractivity contribution in [3.05, 3.63) is 100 Å². The topological polar surface area (TPSA) is 24.8 Å². The van der Waals surface area contributed by atoms with Gasteiger partial charge < -0.3 is 9.64 Å². The number of aliphatic imine (C=N–C) groups is 1. The van der Waals surface area contributed by atoms with Crippen molar-refractivity contribution in [3.63, 3.8) is 0 Å². The van der Waals surface area contributed by atoms with E-state index in [0.29, 0.717) is 6.61 Å². The van der Waals surface area contributed by atoms with Crippen LogP contribution in [0, 0.1) is 13.8 Å². The molecule has 2 aliphatic rings. The van der Waals surface area contributed by atoms with Gasteiger partial charge in [-0.3, -0.25) is 4.99 Å². The van der Waals surface area contributed by atoms with Crippen molar-refractivity contribution in [2.75, 3.05) is 13.1 Å². The fourth-order valence-corrected chi connectivity index (χ4v) is 3.99. The van der Waals surface area contributed by atoms with E-state index in [9.17, 15) is 0 Å². The quantitative estimate of drug-likeness (QED) is 0.601. The summed E-state index contributed by atoms with van der Waals surface area (Å²) in [6.45, 7) is 6.63. The number of benzene rings is 3. The number of hydrogen-bond acceptors (Lipinski definition) is 3. The Bertz CT molecular complexity index is 1130. The first-order valence-electron chi connectivity index (χ1n) is 10.1. The summed E-state index contributed by atoms with van der Waals surface area (Å²) in [5.74, 6) is 1.98. The molecule has 3 nitrogen and oxygen atoms in total. The number of aryl methyl sites for hydroxylation is 2. The molecule has 2 aliphatic heterocycles. The van der Waals surface area contributed by atoms with Gasteiger partial charge in [-0.15, -0.1) is 0 Å². The third-order valence-electron chi connectivity index (χ3n) is 5.75. The van der Waals surface area contributed by atoms with Crippen LogP contribution in [-0.4, -0.2) is 23.8 Å². The number of nitrogens with zero attached hydrogens (tertiary/aromatic N) is 2. The Morgan fingerprint density at radius 1 is 0.931 bits per heavy atom. The van der Waals surface area contributed by atoms with Crippen LogP contribution in [0.25, 0.3) is 11.8 Å². The molecule has 144 valence electrons. The van der Waals surface area contributed by atoms with Crippen molar-refractivity contribution in [2.45, 2.75) is 20.5 Å². The summed E-state index contributed by atoms with van der Waals surface area (Å²) in [6, 6.07) is 23.4. The molecular formula is C26H24N2O. The van der Waals surface area contributed by atoms with Gasteiger partial charge in [0.1, 0.15) is 18.2 Å². The summed E-state index contributed by atoms with van der Waals surface area (Å²) in [6.07, 6.45) is 2.27. The second-order valence-corrected chi connectivity index (χ2v) is 7.71. The van der Waals surface area contributed by atoms with Gasteiger partial charge in [-0.1, -0.05) is 42.5 Å². The van der Waals surface area contributed by atoms with E-state index in [1.54, 1.807) is 0 Å². The van der Waals surface area contributed by atoms with Crippen molar-refractivity contribution in [1.82, 2.24) is 4.90 Å². The van der Waals surface area contributed by atoms with Gasteiger partial charge in [0.2, 0.25) is 0 Å². The summed E-state index contributed by atoms with van der Waals surface area (Å²) in [5.41, 5.74) is 8.66. The minimum Gasteiger partial charge on any atom is -0.489 e. The van der Waals surface area contributed by atoms with Crippen LogP contribution in [0.2, 0.25) is 0 Å². The van der Waals surface area contributed by atoms with E-state index in [1.165, 1.54) is 39.1 Å². The van der Waals surface area contributed by atoms with Crippen molar-refractivity contribution in [2.24, 2.45) is 4.99 Å². The Balaban J connectivity index is 1.37. The number of hydrogen-bond donors (Lipinski definition) is 0. The molecule has 0 aromatic heterocycles. The van der Waals surface area contributed by atoms with Gasteiger partial charge in [0.25, 0.3) is 0 Å². The molecule has 0 fully saturated rings. The second kappa shape index (κ2) is 7.25. The fraction of sp³-hybridized carbons (Fsp3) is 0.192. The molecule has 0 N–H and O–H groups in total. The molecular weight excluding hydrogens is 356 g/mol. The smallest absolute Gasteiger partial charge is 0.136 e. The van der Waals surface area contributed by atoms with E-state index in [0.717, 1.165) is 24.7 Å². The lowest BCUT2D eigenvalue weighted by Gasteiger charge is -2.29. The Labute approximate surface area is 172 Å². The highest BCUT2D eigenvalue weighted by Gasteiger charge is 2.28. The summed E-state index contributed by atoms with van der Waals surface area (Å²) < 4.78 is 6.02. The molecule has 29 heavy (non-hydrogen) atoms. The standard InChI is InChI=1S/C26H24N2O/c1-18-7-8-20(15-19(18)2)17-29-23-11-9-21(10-12-23)25-16-22-5-3-4-6-24(22)26-27-13-14-28(25)26/h3-12,15-16H,13-14,17H2,1-2H3. The van der Waals surface area contributed by atoms with Crippen molar-refractivity contribution >= 4 is 17.6 Å². The first-order valence-corrected chi connectivity index (χ1v) is 10.1. The summed E-state index contributed by atoms with van der Waals surface area (Å²) in [5, 5.41) is 0. The van der Waals surface area contributed by atoms with Crippen LogP contribution in [0.3, 0.4) is 0 Å². The molecule has 0 atom stereocenters. The van der Waals surface area contributed by atoms with Crippen LogP contribution in [0.15, 0.2) is 71.7 Å². The number of ether oxygens (including phenoxy) is 1. The Morgan fingerprint density at radius 2 is 1.76 bits per heavy atom. The van der Waals surface area contributed by atoms with E-state index < -0.39 is 0 Å². The predicted molar refractivity (Wildman–Crippen MR) is 119 cm³/mol. The highest BCUT2D eigenvalue weighted by atomic mass is 16.5. The van der Waals surface area contributed by atoms with Gasteiger partial charge in [-0.05, 0) is 72.0 Å². The zero-order chi connectivity index (χ0) is 19.8. The average molecular weight is 380 g/mol. The molecule has 0 saturated heterocycles. The number of fused-ring (bicyclic) bond motifs is 3. The maximum atomic E-state index is 6.02. The van der Waals surface area contributed by atoms with Crippen LogP contribution in [-0.2, 0) is 6.61 Å². The molecule has 0 radical (unpaired) electrons. The van der Waals surface area contributed by atoms with Crippen molar-refractivity contribution in [3.8, 4) is 5.75 Å². The van der Waals surface area contributed by atoms with E-state index in [-0.39, 0.29) is 0 Å². The maximum absolute atomic E-state index is 6.02. The van der Waals surface area contributed by atoms with Gasteiger partial charge in [0.05, 0.1) is 12.2 Å². The zero-order valence-corrected chi connectivity index (χ0v) is 16.9. The minimum absolute atomic E-state index is 0.583. The van der Waals surface area contributed by atoms with Crippen molar-refractivity contribution < 1.29 is 4.74 Å². The van der Waals surface area contributed by atoms with Gasteiger partial charge in [0.15, 0.2) is 0 Å². The highest BCUT2D eigenvalue weighted by Crippen LogP contribution is 2.33. The normalized spacial score (nSPS) is 14.8. The molecule has 0 spiro atoms. The zero-order valence-electron chi connectivity index (χ0n) is 16.9. The highest BCUT2D eigenvalue weighted by molar-refractivity contribution is 6.12. The largest absolute Gasteiger partial charge is 0.489 e. The first kappa shape index (κ1) is 17.7. The van der Waals surface area contributed by atoms with Crippen LogP contribution in [0.1, 0.15) is 33.4 Å². The molecule has 0 aliphatic carbocycles. The second-order valence-electron chi connectivity index (χ2n) is 7.71. The lowest BCUT2D eigenvalue weighted by molar-refractivity contribution is 0.306. The minimum atomic E-state index is 0.583. The Kier molecular flexibility index (Phi) is 4.44. The lowest BCUT2D eigenvalue weighted by atomic mass is 9.97. The Morgan fingerprint density at radius 3 is 2.59 bits per heavy atom. The molecule has 5 rings (SSSR count). The summed E-state index contributed by atoms with van der Waals surface area (Å²) >= 11 is 0. The molecule has 0 bridgehead atoms. The van der Waals surface area contributed by atoms with Gasteiger partial charge in [0, 0.05) is 12.1 Å². The predicted octanol–water partition coefficient (Wildman–Crippen LogP) is 5.46. The lowest BCUT2D eigenvalue weighted by Crippen LogP contribution is -2.30. The van der Waals surface area contributed by atoms with Crippen LogP contribution < -0.4 is 4.74 Å². The molecule has 0 amide bonds. The number of amidine groups is 1. The molecule has 3 aromatic rings. The number of rotatable bonds is 4. The third-order valence-corrected chi connectivity index (χ3v) is 5.75.